The van der Waals surface area contributed by atoms with Crippen molar-refractivity contribution in [3.8, 4) is 0 Å². The van der Waals surface area contributed by atoms with Gasteiger partial charge < -0.3 is 15.3 Å². The molecule has 1 aliphatic heterocycles. The van der Waals surface area contributed by atoms with E-state index >= 15 is 0 Å². The second-order valence-electron chi connectivity index (χ2n) is 3.61. The Kier molecular flexibility index (Phi) is 3.21. The van der Waals surface area contributed by atoms with E-state index in [9.17, 15) is 23.5 Å². The predicted molar refractivity (Wildman–Crippen MR) is 53.7 cm³/mol. The average molecular weight is 258 g/mol. The number of aliphatic hydroxyl groups excluding tert-OH is 1. The zero-order valence-electron chi connectivity index (χ0n) is 8.81. The Labute approximate surface area is 99.5 Å². The number of amides is 1. The van der Waals surface area contributed by atoms with Gasteiger partial charge in [0.05, 0.1) is 0 Å². The number of hydrogen-bond acceptors (Lipinski definition) is 5. The van der Waals surface area contributed by atoms with Crippen molar-refractivity contribution < 1.29 is 28.3 Å². The van der Waals surface area contributed by atoms with Gasteiger partial charge in [0.15, 0.2) is 12.1 Å². The SMILES string of the molecule is O=C(Nc1cc(F)cc(F)c1)C1C(=O)ONC1O. The van der Waals surface area contributed by atoms with Crippen molar-refractivity contribution >= 4 is 17.6 Å². The van der Waals surface area contributed by atoms with Crippen molar-refractivity contribution in [3.63, 3.8) is 0 Å². The summed E-state index contributed by atoms with van der Waals surface area (Å²) in [6.07, 6.45) is -1.50. The molecule has 1 fully saturated rings. The van der Waals surface area contributed by atoms with Gasteiger partial charge >= 0.3 is 5.97 Å². The van der Waals surface area contributed by atoms with Gasteiger partial charge in [-0.15, -0.1) is 5.48 Å². The number of hydrogen-bond donors (Lipinski definition) is 3. The van der Waals surface area contributed by atoms with E-state index in [0.29, 0.717) is 6.07 Å². The fourth-order valence-electron chi connectivity index (χ4n) is 1.48. The first-order valence-corrected chi connectivity index (χ1v) is 4.88. The van der Waals surface area contributed by atoms with E-state index in [1.165, 1.54) is 0 Å². The molecule has 3 N–H and O–H groups in total. The maximum absolute atomic E-state index is 12.9. The zero-order valence-corrected chi connectivity index (χ0v) is 8.81. The number of nitrogens with one attached hydrogen (secondary N) is 2. The van der Waals surface area contributed by atoms with Crippen LogP contribution in [-0.4, -0.2) is 23.2 Å². The lowest BCUT2D eigenvalue weighted by Gasteiger charge is -2.10. The number of rotatable bonds is 2. The second kappa shape index (κ2) is 4.67. The van der Waals surface area contributed by atoms with Gasteiger partial charge in [0.1, 0.15) is 11.6 Å². The van der Waals surface area contributed by atoms with Crippen LogP contribution in [0.25, 0.3) is 0 Å². The van der Waals surface area contributed by atoms with Crippen molar-refractivity contribution in [2.75, 3.05) is 5.32 Å². The minimum atomic E-state index is -1.50. The highest BCUT2D eigenvalue weighted by Gasteiger charge is 2.41. The van der Waals surface area contributed by atoms with E-state index in [0.717, 1.165) is 12.1 Å². The summed E-state index contributed by atoms with van der Waals surface area (Å²) in [5.74, 6) is -5.15. The molecule has 8 heteroatoms. The normalized spacial score (nSPS) is 22.7. The molecule has 18 heavy (non-hydrogen) atoms. The summed E-state index contributed by atoms with van der Waals surface area (Å²) in [7, 11) is 0. The lowest BCUT2D eigenvalue weighted by atomic mass is 10.1. The topological polar surface area (TPSA) is 87.7 Å². The summed E-state index contributed by atoms with van der Waals surface area (Å²) >= 11 is 0. The van der Waals surface area contributed by atoms with Gasteiger partial charge in [-0.05, 0) is 12.1 Å². The first-order valence-electron chi connectivity index (χ1n) is 4.88. The number of carbonyl (C=O) groups excluding carboxylic acids is 2. The quantitative estimate of drug-likeness (QED) is 0.645. The van der Waals surface area contributed by atoms with Crippen molar-refractivity contribution in [1.82, 2.24) is 5.48 Å². The molecule has 2 atom stereocenters. The molecule has 1 aromatic rings. The van der Waals surface area contributed by atoms with Crippen LogP contribution in [0.5, 0.6) is 0 Å². The van der Waals surface area contributed by atoms with Crippen LogP contribution >= 0.6 is 0 Å². The lowest BCUT2D eigenvalue weighted by Crippen LogP contribution is -2.36. The van der Waals surface area contributed by atoms with Gasteiger partial charge in [0, 0.05) is 11.8 Å². The van der Waals surface area contributed by atoms with Crippen molar-refractivity contribution in [3.05, 3.63) is 29.8 Å². The molecule has 1 saturated heterocycles. The maximum atomic E-state index is 12.9. The molecule has 1 amide bonds. The molecule has 0 radical (unpaired) electrons. The van der Waals surface area contributed by atoms with Crippen molar-refractivity contribution in [2.24, 2.45) is 5.92 Å². The minimum absolute atomic E-state index is 0.163. The van der Waals surface area contributed by atoms with E-state index in [-0.39, 0.29) is 5.69 Å². The molecule has 0 aliphatic carbocycles. The molecule has 2 unspecified atom stereocenters. The molecule has 2 rings (SSSR count). The molecule has 0 saturated carbocycles. The lowest BCUT2D eigenvalue weighted by molar-refractivity contribution is -0.147. The van der Waals surface area contributed by atoms with E-state index < -0.39 is 35.7 Å². The van der Waals surface area contributed by atoms with Gasteiger partial charge in [-0.2, -0.15) is 0 Å². The Bertz CT molecular complexity index is 488. The highest BCUT2D eigenvalue weighted by Crippen LogP contribution is 2.17. The average Bonchev–Trinajstić information content (AvgIpc) is 2.56. The third kappa shape index (κ3) is 2.44. The number of benzene rings is 1. The fourth-order valence-corrected chi connectivity index (χ4v) is 1.48. The van der Waals surface area contributed by atoms with Crippen LogP contribution in [0, 0.1) is 17.6 Å². The van der Waals surface area contributed by atoms with E-state index in [1.807, 2.05) is 5.48 Å². The number of anilines is 1. The maximum Gasteiger partial charge on any atom is 0.341 e. The van der Waals surface area contributed by atoms with Crippen LogP contribution < -0.4 is 10.8 Å². The monoisotopic (exact) mass is 258 g/mol. The number of halogens is 2. The number of carbonyl (C=O) groups is 2. The molecule has 0 aromatic heterocycles. The Hall–Kier alpha value is -2.06. The van der Waals surface area contributed by atoms with Crippen LogP contribution in [0.2, 0.25) is 0 Å². The third-order valence-corrected chi connectivity index (χ3v) is 2.26. The summed E-state index contributed by atoms with van der Waals surface area (Å²) < 4.78 is 25.7. The Morgan fingerprint density at radius 3 is 2.44 bits per heavy atom. The molecule has 1 heterocycles. The van der Waals surface area contributed by atoms with Crippen LogP contribution in [0.15, 0.2) is 18.2 Å². The third-order valence-electron chi connectivity index (χ3n) is 2.26. The Balaban J connectivity index is 2.13. The highest BCUT2D eigenvalue weighted by molar-refractivity contribution is 6.05. The summed E-state index contributed by atoms with van der Waals surface area (Å²) in [4.78, 5) is 26.9. The number of hydroxylamine groups is 1. The number of aliphatic hydroxyl groups is 1. The molecule has 0 spiro atoms. The van der Waals surface area contributed by atoms with Crippen LogP contribution in [-0.2, 0) is 14.4 Å². The van der Waals surface area contributed by atoms with Gasteiger partial charge in [-0.3, -0.25) is 4.79 Å². The first-order chi connectivity index (χ1) is 8.47. The van der Waals surface area contributed by atoms with E-state index in [2.05, 4.69) is 10.2 Å². The van der Waals surface area contributed by atoms with Gasteiger partial charge in [-0.25, -0.2) is 13.6 Å². The van der Waals surface area contributed by atoms with E-state index in [1.54, 1.807) is 0 Å². The van der Waals surface area contributed by atoms with Crippen LogP contribution in [0.4, 0.5) is 14.5 Å². The molecule has 6 nitrogen and oxygen atoms in total. The molecule has 0 bridgehead atoms. The first kappa shape index (κ1) is 12.4. The Morgan fingerprint density at radius 2 is 1.94 bits per heavy atom. The molecule has 1 aromatic carbocycles. The van der Waals surface area contributed by atoms with Gasteiger partial charge in [-0.1, -0.05) is 0 Å². The van der Waals surface area contributed by atoms with Crippen molar-refractivity contribution in [1.29, 1.82) is 0 Å². The van der Waals surface area contributed by atoms with E-state index in [4.69, 9.17) is 0 Å². The van der Waals surface area contributed by atoms with Gasteiger partial charge in [0.2, 0.25) is 5.91 Å². The highest BCUT2D eigenvalue weighted by atomic mass is 19.1. The molecule has 96 valence electrons. The second-order valence-corrected chi connectivity index (χ2v) is 3.61. The predicted octanol–water partition coefficient (Wildman–Crippen LogP) is -0.101. The van der Waals surface area contributed by atoms with Crippen LogP contribution in [0.1, 0.15) is 0 Å². The zero-order chi connectivity index (χ0) is 13.3. The summed E-state index contributed by atoms with van der Waals surface area (Å²) in [6, 6.07) is 2.39. The standard InChI is InChI=1S/C10H8F2N2O4/c11-4-1-5(12)3-6(2-4)13-8(15)7-9(16)14-18-10(7)17/h1-3,7,9,14,16H,(H,13,15). The largest absolute Gasteiger partial charge is 0.374 e. The molecule has 1 aliphatic rings. The molecular formula is C10H8F2N2O4. The summed E-state index contributed by atoms with van der Waals surface area (Å²) in [6.45, 7) is 0. The Morgan fingerprint density at radius 1 is 1.33 bits per heavy atom. The smallest absolute Gasteiger partial charge is 0.341 e. The van der Waals surface area contributed by atoms with Gasteiger partial charge in [0.25, 0.3) is 0 Å². The summed E-state index contributed by atoms with van der Waals surface area (Å²) in [5, 5.41) is 11.4. The summed E-state index contributed by atoms with van der Waals surface area (Å²) in [5.41, 5.74) is 1.74. The minimum Gasteiger partial charge on any atom is -0.374 e. The fraction of sp³-hybridized carbons (Fsp3) is 0.200. The molecular weight excluding hydrogens is 250 g/mol. The van der Waals surface area contributed by atoms with Crippen molar-refractivity contribution in [2.45, 2.75) is 6.23 Å². The van der Waals surface area contributed by atoms with Crippen LogP contribution in [0.3, 0.4) is 0 Å².